The third-order valence-corrected chi connectivity index (χ3v) is 5.69. The Hall–Kier alpha value is -3.26. The van der Waals surface area contributed by atoms with E-state index in [9.17, 15) is 22.0 Å². The van der Waals surface area contributed by atoms with E-state index in [1.807, 2.05) is 0 Å². The minimum absolute atomic E-state index is 0.0512. The summed E-state index contributed by atoms with van der Waals surface area (Å²) in [6.45, 7) is -2.94. The van der Waals surface area contributed by atoms with Crippen molar-refractivity contribution in [1.29, 1.82) is 0 Å². The first-order valence-electron chi connectivity index (χ1n) is 8.56. The standard InChI is InChI=1S/C21H17F2NO4S/c22-21(23)28-18-11-9-16(10-12-18)20(25)24-17-6-4-5-15(13-17)14-29(26,27)19-7-2-1-3-8-19/h1-13,21H,14H2,(H,24,25). The maximum Gasteiger partial charge on any atom is 0.387 e. The summed E-state index contributed by atoms with van der Waals surface area (Å²) in [5, 5.41) is 2.66. The van der Waals surface area contributed by atoms with Crippen LogP contribution < -0.4 is 10.1 Å². The topological polar surface area (TPSA) is 72.5 Å². The van der Waals surface area contributed by atoms with E-state index in [1.54, 1.807) is 42.5 Å². The first-order valence-corrected chi connectivity index (χ1v) is 10.2. The van der Waals surface area contributed by atoms with Crippen LogP contribution in [-0.2, 0) is 15.6 Å². The van der Waals surface area contributed by atoms with Crippen molar-refractivity contribution in [2.75, 3.05) is 5.32 Å². The Morgan fingerprint density at radius 1 is 0.931 bits per heavy atom. The summed E-state index contributed by atoms with van der Waals surface area (Å²) in [6, 6.07) is 19.9. The van der Waals surface area contributed by atoms with Crippen LogP contribution in [0.5, 0.6) is 5.75 Å². The highest BCUT2D eigenvalue weighted by molar-refractivity contribution is 7.90. The van der Waals surface area contributed by atoms with Gasteiger partial charge in [-0.15, -0.1) is 0 Å². The third-order valence-electron chi connectivity index (χ3n) is 3.99. The molecule has 3 rings (SSSR count). The van der Waals surface area contributed by atoms with Gasteiger partial charge in [0.2, 0.25) is 0 Å². The largest absolute Gasteiger partial charge is 0.435 e. The number of ether oxygens (including phenoxy) is 1. The SMILES string of the molecule is O=C(Nc1cccc(CS(=O)(=O)c2ccccc2)c1)c1ccc(OC(F)F)cc1. The summed E-state index contributed by atoms with van der Waals surface area (Å²) in [4.78, 5) is 12.6. The molecule has 0 aromatic heterocycles. The number of carbonyl (C=O) groups is 1. The van der Waals surface area contributed by atoms with Gasteiger partial charge in [-0.05, 0) is 54.1 Å². The smallest absolute Gasteiger partial charge is 0.387 e. The molecule has 5 nitrogen and oxygen atoms in total. The lowest BCUT2D eigenvalue weighted by molar-refractivity contribution is -0.0498. The summed E-state index contributed by atoms with van der Waals surface area (Å²) in [5.74, 6) is -0.721. The van der Waals surface area contributed by atoms with Crippen LogP contribution in [0.3, 0.4) is 0 Å². The van der Waals surface area contributed by atoms with Gasteiger partial charge in [0.1, 0.15) is 5.75 Å². The van der Waals surface area contributed by atoms with Crippen LogP contribution in [0.1, 0.15) is 15.9 Å². The normalized spacial score (nSPS) is 11.3. The summed E-state index contributed by atoms with van der Waals surface area (Å²) >= 11 is 0. The number of carbonyl (C=O) groups excluding carboxylic acids is 1. The quantitative estimate of drug-likeness (QED) is 0.614. The Morgan fingerprint density at radius 2 is 1.62 bits per heavy atom. The van der Waals surface area contributed by atoms with Crippen LogP contribution in [0, 0.1) is 0 Å². The molecule has 0 atom stereocenters. The fraction of sp³-hybridized carbons (Fsp3) is 0.0952. The van der Waals surface area contributed by atoms with Gasteiger partial charge in [0, 0.05) is 11.3 Å². The van der Waals surface area contributed by atoms with Gasteiger partial charge in [-0.2, -0.15) is 8.78 Å². The fourth-order valence-corrected chi connectivity index (χ4v) is 4.02. The van der Waals surface area contributed by atoms with E-state index in [2.05, 4.69) is 10.1 Å². The number of anilines is 1. The van der Waals surface area contributed by atoms with Crippen molar-refractivity contribution in [2.24, 2.45) is 0 Å². The van der Waals surface area contributed by atoms with Crippen molar-refractivity contribution in [2.45, 2.75) is 17.3 Å². The lowest BCUT2D eigenvalue weighted by Crippen LogP contribution is -2.12. The van der Waals surface area contributed by atoms with E-state index in [1.165, 1.54) is 36.4 Å². The summed E-state index contributed by atoms with van der Waals surface area (Å²) in [5.41, 5.74) is 1.19. The number of hydrogen-bond acceptors (Lipinski definition) is 4. The molecule has 0 spiro atoms. The van der Waals surface area contributed by atoms with E-state index >= 15 is 0 Å². The highest BCUT2D eigenvalue weighted by Crippen LogP contribution is 2.20. The first kappa shape index (κ1) is 20.5. The Morgan fingerprint density at radius 3 is 2.28 bits per heavy atom. The molecule has 0 aliphatic carbocycles. The zero-order chi connectivity index (χ0) is 20.9. The molecule has 0 unspecified atom stereocenters. The maximum absolute atomic E-state index is 12.5. The molecule has 150 valence electrons. The molecule has 0 radical (unpaired) electrons. The number of hydrogen-bond donors (Lipinski definition) is 1. The van der Waals surface area contributed by atoms with Crippen LogP contribution in [-0.4, -0.2) is 20.9 Å². The summed E-state index contributed by atoms with van der Waals surface area (Å²) in [6.07, 6.45) is 0. The van der Waals surface area contributed by atoms with Crippen molar-refractivity contribution >= 4 is 21.4 Å². The Balaban J connectivity index is 1.70. The Bertz CT molecular complexity index is 1090. The molecule has 0 saturated carbocycles. The van der Waals surface area contributed by atoms with Gasteiger partial charge in [-0.25, -0.2) is 8.42 Å². The van der Waals surface area contributed by atoms with Crippen LogP contribution in [0.25, 0.3) is 0 Å². The molecule has 0 fully saturated rings. The monoisotopic (exact) mass is 417 g/mol. The second-order valence-corrected chi connectivity index (χ2v) is 8.12. The Kier molecular flexibility index (Phi) is 6.23. The van der Waals surface area contributed by atoms with Gasteiger partial charge in [-0.1, -0.05) is 30.3 Å². The number of amides is 1. The van der Waals surface area contributed by atoms with Crippen LogP contribution >= 0.6 is 0 Å². The van der Waals surface area contributed by atoms with Gasteiger partial charge in [-0.3, -0.25) is 4.79 Å². The van der Waals surface area contributed by atoms with Gasteiger partial charge in [0.25, 0.3) is 5.91 Å². The first-order chi connectivity index (χ1) is 13.8. The molecule has 29 heavy (non-hydrogen) atoms. The van der Waals surface area contributed by atoms with Gasteiger partial charge < -0.3 is 10.1 Å². The van der Waals surface area contributed by atoms with Crippen molar-refractivity contribution in [3.63, 3.8) is 0 Å². The third kappa shape index (κ3) is 5.61. The van der Waals surface area contributed by atoms with Crippen LogP contribution in [0.2, 0.25) is 0 Å². The van der Waals surface area contributed by atoms with Gasteiger partial charge in [0.15, 0.2) is 9.84 Å². The second-order valence-electron chi connectivity index (χ2n) is 6.13. The number of alkyl halides is 2. The van der Waals surface area contributed by atoms with Crippen LogP contribution in [0.4, 0.5) is 14.5 Å². The number of rotatable bonds is 7. The zero-order valence-corrected chi connectivity index (χ0v) is 15.9. The molecule has 3 aromatic rings. The van der Waals surface area contributed by atoms with Crippen molar-refractivity contribution < 1.29 is 26.7 Å². The van der Waals surface area contributed by atoms with Crippen LogP contribution in [0.15, 0.2) is 83.8 Å². The average Bonchev–Trinajstić information content (AvgIpc) is 2.68. The molecular weight excluding hydrogens is 400 g/mol. The lowest BCUT2D eigenvalue weighted by Gasteiger charge is -2.09. The van der Waals surface area contributed by atoms with E-state index in [0.717, 1.165) is 0 Å². The number of benzene rings is 3. The molecular formula is C21H17F2NO4S. The molecule has 8 heteroatoms. The lowest BCUT2D eigenvalue weighted by atomic mass is 10.2. The molecule has 1 N–H and O–H groups in total. The number of halogens is 2. The highest BCUT2D eigenvalue weighted by Gasteiger charge is 2.15. The summed E-state index contributed by atoms with van der Waals surface area (Å²) in [7, 11) is -3.51. The molecule has 0 bridgehead atoms. The second kappa shape index (κ2) is 8.83. The van der Waals surface area contributed by atoms with E-state index in [0.29, 0.717) is 11.3 Å². The molecule has 3 aromatic carbocycles. The zero-order valence-electron chi connectivity index (χ0n) is 15.1. The average molecular weight is 417 g/mol. The molecule has 0 saturated heterocycles. The van der Waals surface area contributed by atoms with Crippen molar-refractivity contribution in [3.8, 4) is 5.75 Å². The minimum Gasteiger partial charge on any atom is -0.435 e. The minimum atomic E-state index is -3.51. The number of sulfone groups is 1. The predicted octanol–water partition coefficient (Wildman–Crippen LogP) is 4.51. The molecule has 0 heterocycles. The van der Waals surface area contributed by atoms with Gasteiger partial charge in [0.05, 0.1) is 10.6 Å². The molecule has 1 amide bonds. The van der Waals surface area contributed by atoms with E-state index in [-0.39, 0.29) is 22.0 Å². The molecule has 0 aliphatic heterocycles. The van der Waals surface area contributed by atoms with E-state index in [4.69, 9.17) is 0 Å². The van der Waals surface area contributed by atoms with Crippen molar-refractivity contribution in [1.82, 2.24) is 0 Å². The molecule has 0 aliphatic rings. The Labute approximate surface area is 166 Å². The number of nitrogens with one attached hydrogen (secondary N) is 1. The summed E-state index contributed by atoms with van der Waals surface area (Å²) < 4.78 is 53.6. The predicted molar refractivity (Wildman–Crippen MR) is 105 cm³/mol. The fourth-order valence-electron chi connectivity index (χ4n) is 2.66. The van der Waals surface area contributed by atoms with Gasteiger partial charge >= 0.3 is 6.61 Å². The highest BCUT2D eigenvalue weighted by atomic mass is 32.2. The van der Waals surface area contributed by atoms with Crippen molar-refractivity contribution in [3.05, 3.63) is 90.0 Å². The maximum atomic E-state index is 12.5. The van der Waals surface area contributed by atoms with E-state index < -0.39 is 22.4 Å².